The summed E-state index contributed by atoms with van der Waals surface area (Å²) in [6, 6.07) is 0. The second kappa shape index (κ2) is 5.96. The highest BCUT2D eigenvalue weighted by Crippen LogP contribution is 2.51. The molecular formula is C16H30O3S. The van der Waals surface area contributed by atoms with Gasteiger partial charge < -0.3 is 0 Å². The lowest BCUT2D eigenvalue weighted by Gasteiger charge is -2.49. The molecule has 0 radical (unpaired) electrons. The molecule has 2 rings (SSSR count). The van der Waals surface area contributed by atoms with Crippen molar-refractivity contribution in [3.05, 3.63) is 0 Å². The molecule has 0 saturated heterocycles. The van der Waals surface area contributed by atoms with E-state index in [9.17, 15) is 13.0 Å². The molecule has 2 fully saturated rings. The third-order valence-electron chi connectivity index (χ3n) is 5.94. The molecule has 0 aromatic carbocycles. The van der Waals surface area contributed by atoms with Gasteiger partial charge in [-0.05, 0) is 61.2 Å². The van der Waals surface area contributed by atoms with Crippen LogP contribution in [0.25, 0.3) is 0 Å². The molecule has 2 aliphatic carbocycles. The molecule has 0 spiro atoms. The summed E-state index contributed by atoms with van der Waals surface area (Å²) in [7, 11) is -3.91. The van der Waals surface area contributed by atoms with Crippen LogP contribution in [-0.2, 0) is 10.1 Å². The molecule has 0 heterocycles. The van der Waals surface area contributed by atoms with Crippen LogP contribution in [0.15, 0.2) is 0 Å². The summed E-state index contributed by atoms with van der Waals surface area (Å²) in [5.74, 6) is 2.82. The predicted molar refractivity (Wildman–Crippen MR) is 82.1 cm³/mol. The van der Waals surface area contributed by atoms with Crippen molar-refractivity contribution < 1.29 is 13.0 Å². The van der Waals surface area contributed by atoms with Gasteiger partial charge in [0.1, 0.15) is 0 Å². The highest BCUT2D eigenvalue weighted by molar-refractivity contribution is 7.86. The zero-order valence-corrected chi connectivity index (χ0v) is 14.1. The van der Waals surface area contributed by atoms with Gasteiger partial charge in [-0.25, -0.2) is 0 Å². The maximum atomic E-state index is 11.8. The van der Waals surface area contributed by atoms with Crippen LogP contribution in [-0.4, -0.2) is 18.2 Å². The molecule has 0 bridgehead atoms. The van der Waals surface area contributed by atoms with Gasteiger partial charge in [0.05, 0.1) is 5.25 Å². The molecule has 5 unspecified atom stereocenters. The van der Waals surface area contributed by atoms with Crippen molar-refractivity contribution in [2.45, 2.75) is 65.0 Å². The van der Waals surface area contributed by atoms with Crippen LogP contribution in [0, 0.1) is 35.5 Å². The van der Waals surface area contributed by atoms with Gasteiger partial charge in [-0.3, -0.25) is 4.55 Å². The van der Waals surface area contributed by atoms with E-state index in [-0.39, 0.29) is 5.92 Å². The fraction of sp³-hybridized carbons (Fsp3) is 1.00. The van der Waals surface area contributed by atoms with Crippen LogP contribution >= 0.6 is 0 Å². The molecule has 5 atom stereocenters. The minimum absolute atomic E-state index is 0.182. The van der Waals surface area contributed by atoms with Crippen molar-refractivity contribution >= 4 is 10.1 Å². The predicted octanol–water partition coefficient (Wildman–Crippen LogP) is 4.00. The third kappa shape index (κ3) is 3.22. The van der Waals surface area contributed by atoms with Crippen molar-refractivity contribution in [2.75, 3.05) is 0 Å². The first-order valence-corrected chi connectivity index (χ1v) is 9.68. The van der Waals surface area contributed by atoms with Crippen molar-refractivity contribution in [1.82, 2.24) is 0 Å². The molecule has 4 heteroatoms. The second-order valence-electron chi connectivity index (χ2n) is 7.70. The van der Waals surface area contributed by atoms with Crippen LogP contribution in [0.1, 0.15) is 59.8 Å². The lowest BCUT2D eigenvalue weighted by atomic mass is 9.59. The Morgan fingerprint density at radius 1 is 0.950 bits per heavy atom. The largest absolute Gasteiger partial charge is 0.285 e. The molecule has 20 heavy (non-hydrogen) atoms. The summed E-state index contributed by atoms with van der Waals surface area (Å²) >= 11 is 0. The Bertz CT molecular complexity index is 427. The average molecular weight is 302 g/mol. The van der Waals surface area contributed by atoms with Gasteiger partial charge in [-0.1, -0.05) is 34.1 Å². The molecule has 1 N–H and O–H groups in total. The minimum atomic E-state index is -3.91. The van der Waals surface area contributed by atoms with E-state index in [2.05, 4.69) is 27.7 Å². The SMILES string of the molecule is CC(C)C1CC2C(C(C)C)CCCC2C(S(=O)(=O)O)C1. The Morgan fingerprint density at radius 2 is 1.60 bits per heavy atom. The number of rotatable bonds is 3. The maximum absolute atomic E-state index is 11.8. The molecule has 3 nitrogen and oxygen atoms in total. The van der Waals surface area contributed by atoms with Gasteiger partial charge in [0.15, 0.2) is 0 Å². The molecule has 0 amide bonds. The van der Waals surface area contributed by atoms with E-state index in [0.29, 0.717) is 36.0 Å². The zero-order chi connectivity index (χ0) is 15.1. The molecule has 0 aromatic rings. The van der Waals surface area contributed by atoms with Crippen molar-refractivity contribution in [3.63, 3.8) is 0 Å². The molecule has 2 aliphatic rings. The van der Waals surface area contributed by atoms with Crippen molar-refractivity contribution in [2.24, 2.45) is 35.5 Å². The van der Waals surface area contributed by atoms with E-state index in [0.717, 1.165) is 19.3 Å². The van der Waals surface area contributed by atoms with Gasteiger partial charge >= 0.3 is 0 Å². The quantitative estimate of drug-likeness (QED) is 0.802. The summed E-state index contributed by atoms with van der Waals surface area (Å²) in [6.45, 7) is 8.88. The maximum Gasteiger partial charge on any atom is 0.268 e. The Hall–Kier alpha value is -0.0900. The van der Waals surface area contributed by atoms with Gasteiger partial charge in [-0.2, -0.15) is 8.42 Å². The summed E-state index contributed by atoms with van der Waals surface area (Å²) in [5, 5.41) is -0.518. The topological polar surface area (TPSA) is 54.4 Å². The summed E-state index contributed by atoms with van der Waals surface area (Å²) in [5.41, 5.74) is 0. The average Bonchev–Trinajstić information content (AvgIpc) is 2.35. The van der Waals surface area contributed by atoms with Crippen LogP contribution in [0.3, 0.4) is 0 Å². The fourth-order valence-electron chi connectivity index (χ4n) is 4.78. The van der Waals surface area contributed by atoms with Gasteiger partial charge in [0.25, 0.3) is 10.1 Å². The van der Waals surface area contributed by atoms with Gasteiger partial charge in [0, 0.05) is 0 Å². The lowest BCUT2D eigenvalue weighted by molar-refractivity contribution is 0.0388. The molecule has 2 saturated carbocycles. The van der Waals surface area contributed by atoms with Gasteiger partial charge in [-0.15, -0.1) is 0 Å². The lowest BCUT2D eigenvalue weighted by Crippen LogP contribution is -2.47. The molecule has 0 aliphatic heterocycles. The van der Waals surface area contributed by atoms with E-state index in [1.54, 1.807) is 0 Å². The Balaban J connectivity index is 2.31. The first-order chi connectivity index (χ1) is 9.21. The van der Waals surface area contributed by atoms with Crippen LogP contribution < -0.4 is 0 Å². The number of hydrogen-bond acceptors (Lipinski definition) is 2. The summed E-state index contributed by atoms with van der Waals surface area (Å²) < 4.78 is 33.4. The van der Waals surface area contributed by atoms with E-state index in [4.69, 9.17) is 0 Å². The van der Waals surface area contributed by atoms with E-state index >= 15 is 0 Å². The zero-order valence-electron chi connectivity index (χ0n) is 13.2. The minimum Gasteiger partial charge on any atom is -0.285 e. The fourth-order valence-corrected chi connectivity index (χ4v) is 6.05. The second-order valence-corrected chi connectivity index (χ2v) is 9.33. The standard InChI is InChI=1S/C16H30O3S/c1-10(2)12-8-15-13(11(3)4)6-5-7-14(15)16(9-12)20(17,18)19/h10-16H,5-9H2,1-4H3,(H,17,18,19). The normalized spacial score (nSPS) is 39.0. The van der Waals surface area contributed by atoms with Crippen molar-refractivity contribution in [1.29, 1.82) is 0 Å². The summed E-state index contributed by atoms with van der Waals surface area (Å²) in [6.07, 6.45) is 5.12. The van der Waals surface area contributed by atoms with E-state index in [1.807, 2.05) is 0 Å². The highest BCUT2D eigenvalue weighted by atomic mass is 32.2. The monoisotopic (exact) mass is 302 g/mol. The van der Waals surface area contributed by atoms with E-state index in [1.165, 1.54) is 6.42 Å². The molecular weight excluding hydrogens is 272 g/mol. The van der Waals surface area contributed by atoms with Gasteiger partial charge in [0.2, 0.25) is 0 Å². The Kier molecular flexibility index (Phi) is 4.85. The third-order valence-corrected chi connectivity index (χ3v) is 7.25. The van der Waals surface area contributed by atoms with Crippen LogP contribution in [0.4, 0.5) is 0 Å². The smallest absolute Gasteiger partial charge is 0.268 e. The van der Waals surface area contributed by atoms with Crippen molar-refractivity contribution in [3.8, 4) is 0 Å². The first-order valence-electron chi connectivity index (χ1n) is 8.18. The highest BCUT2D eigenvalue weighted by Gasteiger charge is 2.48. The first kappa shape index (κ1) is 16.3. The number of hydrogen-bond donors (Lipinski definition) is 1. The molecule has 0 aromatic heterocycles. The van der Waals surface area contributed by atoms with E-state index < -0.39 is 15.4 Å². The van der Waals surface area contributed by atoms with Crippen LogP contribution in [0.2, 0.25) is 0 Å². The summed E-state index contributed by atoms with van der Waals surface area (Å²) in [4.78, 5) is 0. The Morgan fingerprint density at radius 3 is 2.10 bits per heavy atom. The van der Waals surface area contributed by atoms with Crippen LogP contribution in [0.5, 0.6) is 0 Å². The molecule has 118 valence electrons. The Labute approximate surface area is 124 Å². The number of fused-ring (bicyclic) bond motifs is 1.